The third-order valence-corrected chi connectivity index (χ3v) is 4.21. The fourth-order valence-electron chi connectivity index (χ4n) is 2.46. The van der Waals surface area contributed by atoms with Crippen LogP contribution in [0.2, 0.25) is 0 Å². The van der Waals surface area contributed by atoms with Gasteiger partial charge >= 0.3 is 0 Å². The minimum absolute atomic E-state index is 0. The van der Waals surface area contributed by atoms with Crippen molar-refractivity contribution in [3.8, 4) is 5.88 Å². The molecule has 2 aromatic rings. The van der Waals surface area contributed by atoms with E-state index in [2.05, 4.69) is 22.4 Å². The topological polar surface area (TPSA) is 67.6 Å². The zero-order valence-electron chi connectivity index (χ0n) is 13.9. The van der Waals surface area contributed by atoms with Gasteiger partial charge in [-0.3, -0.25) is 4.79 Å². The van der Waals surface area contributed by atoms with E-state index < -0.39 is 5.91 Å². The summed E-state index contributed by atoms with van der Waals surface area (Å²) in [5, 5.41) is 6.33. The Labute approximate surface area is 151 Å². The number of hydrogen-bond acceptors (Lipinski definition) is 5. The number of carbonyl (C=O) groups excluding carboxylic acids is 1. The molecule has 0 saturated heterocycles. The molecule has 25 heavy (non-hydrogen) atoms. The van der Waals surface area contributed by atoms with Crippen molar-refractivity contribution in [2.75, 3.05) is 25.5 Å². The highest BCUT2D eigenvalue weighted by Gasteiger charge is 2.21. The van der Waals surface area contributed by atoms with E-state index in [1.54, 1.807) is 0 Å². The van der Waals surface area contributed by atoms with Crippen LogP contribution in [0.25, 0.3) is 0 Å². The molecule has 8 heteroatoms. The molecule has 0 unspecified atom stereocenters. The van der Waals surface area contributed by atoms with E-state index in [1.807, 2.05) is 0 Å². The van der Waals surface area contributed by atoms with Gasteiger partial charge in [0.2, 0.25) is 5.76 Å². The van der Waals surface area contributed by atoms with Gasteiger partial charge in [-0.15, -0.1) is 12.4 Å². The third-order valence-electron chi connectivity index (χ3n) is 4.21. The summed E-state index contributed by atoms with van der Waals surface area (Å²) < 4.78 is 23.3. The van der Waals surface area contributed by atoms with Gasteiger partial charge in [0.25, 0.3) is 11.8 Å². The van der Waals surface area contributed by atoms with Gasteiger partial charge in [-0.25, -0.2) is 4.39 Å². The number of benzene rings is 1. The summed E-state index contributed by atoms with van der Waals surface area (Å²) in [5.41, 5.74) is 0.474. The lowest BCUT2D eigenvalue weighted by atomic mass is 9.92. The largest absolute Gasteiger partial charge is 0.474 e. The van der Waals surface area contributed by atoms with Crippen LogP contribution in [0.15, 0.2) is 34.9 Å². The summed E-state index contributed by atoms with van der Waals surface area (Å²) >= 11 is 0. The molecule has 0 radical (unpaired) electrons. The molecular weight excluding hydrogens is 349 g/mol. The van der Waals surface area contributed by atoms with Gasteiger partial charge in [0.1, 0.15) is 12.4 Å². The highest BCUT2D eigenvalue weighted by molar-refractivity contribution is 6.02. The smallest absolute Gasteiger partial charge is 0.294 e. The minimum Gasteiger partial charge on any atom is -0.474 e. The highest BCUT2D eigenvalue weighted by atomic mass is 35.5. The molecule has 0 spiro atoms. The monoisotopic (exact) mass is 369 g/mol. The molecule has 0 bridgehead atoms. The van der Waals surface area contributed by atoms with E-state index in [4.69, 9.17) is 9.26 Å². The van der Waals surface area contributed by atoms with Crippen LogP contribution < -0.4 is 10.1 Å². The Morgan fingerprint density at radius 2 is 2.12 bits per heavy atom. The minimum atomic E-state index is -0.462. The average Bonchev–Trinajstić information content (AvgIpc) is 2.97. The summed E-state index contributed by atoms with van der Waals surface area (Å²) in [4.78, 5) is 14.3. The number of hydrogen-bond donors (Lipinski definition) is 1. The first-order valence-electron chi connectivity index (χ1n) is 7.98. The van der Waals surface area contributed by atoms with Crippen molar-refractivity contribution in [1.29, 1.82) is 0 Å². The van der Waals surface area contributed by atoms with Crippen LogP contribution in [0, 0.1) is 5.82 Å². The van der Waals surface area contributed by atoms with E-state index >= 15 is 0 Å². The van der Waals surface area contributed by atoms with Crippen molar-refractivity contribution < 1.29 is 18.4 Å². The molecule has 136 valence electrons. The second-order valence-corrected chi connectivity index (χ2v) is 5.90. The van der Waals surface area contributed by atoms with Gasteiger partial charge in [-0.1, -0.05) is 6.42 Å². The lowest BCUT2D eigenvalue weighted by Gasteiger charge is -2.34. The van der Waals surface area contributed by atoms with Gasteiger partial charge in [0.15, 0.2) is 0 Å². The van der Waals surface area contributed by atoms with Crippen molar-refractivity contribution in [2.24, 2.45) is 0 Å². The summed E-state index contributed by atoms with van der Waals surface area (Å²) in [6.45, 7) is 1.28. The van der Waals surface area contributed by atoms with Crippen LogP contribution in [0.4, 0.5) is 10.1 Å². The lowest BCUT2D eigenvalue weighted by Crippen LogP contribution is -2.39. The van der Waals surface area contributed by atoms with Crippen LogP contribution >= 0.6 is 12.4 Å². The molecular formula is C17H21ClFN3O3. The number of nitrogens with one attached hydrogen (secondary N) is 1. The molecule has 1 heterocycles. The molecule has 1 saturated carbocycles. The summed E-state index contributed by atoms with van der Waals surface area (Å²) in [6, 6.07) is 7.58. The summed E-state index contributed by atoms with van der Waals surface area (Å²) in [5.74, 6) is -0.506. The Bertz CT molecular complexity index is 689. The molecule has 0 atom stereocenters. The third kappa shape index (κ3) is 5.17. The first-order chi connectivity index (χ1) is 11.6. The number of rotatable bonds is 7. The maximum atomic E-state index is 12.8. The van der Waals surface area contributed by atoms with Gasteiger partial charge in [0, 0.05) is 18.3 Å². The van der Waals surface area contributed by atoms with Crippen LogP contribution in [-0.2, 0) is 0 Å². The Hall–Kier alpha value is -2.12. The van der Waals surface area contributed by atoms with E-state index in [1.165, 1.54) is 49.6 Å². The molecule has 0 aliphatic heterocycles. The van der Waals surface area contributed by atoms with Crippen molar-refractivity contribution in [1.82, 2.24) is 10.1 Å². The number of halogens is 2. The standard InChI is InChI=1S/C17H20FN3O3.ClH/c1-21(14-3-2-4-14)9-10-23-16-11-15(24-20-16)17(22)19-13-7-5-12(18)6-8-13;/h5-8,11,14H,2-4,9-10H2,1H3,(H,19,22);1H. The molecule has 1 aliphatic carbocycles. The van der Waals surface area contributed by atoms with Crippen molar-refractivity contribution in [3.63, 3.8) is 0 Å². The van der Waals surface area contributed by atoms with Crippen LogP contribution in [0.5, 0.6) is 5.88 Å². The fourth-order valence-corrected chi connectivity index (χ4v) is 2.46. The van der Waals surface area contributed by atoms with Gasteiger partial charge in [0.05, 0.1) is 6.07 Å². The Balaban J connectivity index is 0.00000225. The van der Waals surface area contributed by atoms with E-state index in [9.17, 15) is 9.18 Å². The van der Waals surface area contributed by atoms with Gasteiger partial charge in [-0.2, -0.15) is 0 Å². The average molecular weight is 370 g/mol. The number of aromatic nitrogens is 1. The van der Waals surface area contributed by atoms with E-state index in [0.717, 1.165) is 6.54 Å². The Morgan fingerprint density at radius 3 is 2.76 bits per heavy atom. The van der Waals surface area contributed by atoms with Crippen LogP contribution in [-0.4, -0.2) is 42.2 Å². The highest BCUT2D eigenvalue weighted by Crippen LogP contribution is 2.23. The van der Waals surface area contributed by atoms with Crippen molar-refractivity contribution in [3.05, 3.63) is 41.9 Å². The summed E-state index contributed by atoms with van der Waals surface area (Å²) in [6.07, 6.45) is 3.79. The maximum Gasteiger partial charge on any atom is 0.294 e. The predicted molar refractivity (Wildman–Crippen MR) is 93.9 cm³/mol. The normalized spacial score (nSPS) is 13.9. The number of carbonyl (C=O) groups is 1. The molecule has 1 aromatic heterocycles. The molecule has 6 nitrogen and oxygen atoms in total. The van der Waals surface area contributed by atoms with Crippen LogP contribution in [0.3, 0.4) is 0 Å². The summed E-state index contributed by atoms with van der Waals surface area (Å²) in [7, 11) is 2.08. The van der Waals surface area contributed by atoms with Gasteiger partial charge in [-0.05, 0) is 49.3 Å². The first-order valence-corrected chi connectivity index (χ1v) is 7.98. The SMILES string of the molecule is CN(CCOc1cc(C(=O)Nc2ccc(F)cc2)on1)C1CCC1.Cl. The number of ether oxygens (including phenoxy) is 1. The molecule has 1 aromatic carbocycles. The molecule has 1 aliphatic rings. The quantitative estimate of drug-likeness (QED) is 0.810. The first kappa shape index (κ1) is 19.2. The maximum absolute atomic E-state index is 12.8. The molecule has 1 N–H and O–H groups in total. The predicted octanol–water partition coefficient (Wildman–Crippen LogP) is 3.35. The molecule has 1 fully saturated rings. The second-order valence-electron chi connectivity index (χ2n) is 5.90. The zero-order chi connectivity index (χ0) is 16.9. The zero-order valence-corrected chi connectivity index (χ0v) is 14.7. The van der Waals surface area contributed by atoms with Crippen molar-refractivity contribution >= 4 is 24.0 Å². The molecule has 3 rings (SSSR count). The number of likely N-dealkylation sites (N-methyl/N-ethyl adjacent to an activating group) is 1. The van der Waals surface area contributed by atoms with E-state index in [-0.39, 0.29) is 29.9 Å². The fraction of sp³-hybridized carbons (Fsp3) is 0.412. The Kier molecular flexibility index (Phi) is 6.78. The van der Waals surface area contributed by atoms with Crippen molar-refractivity contribution in [2.45, 2.75) is 25.3 Å². The number of anilines is 1. The lowest BCUT2D eigenvalue weighted by molar-refractivity contribution is 0.0987. The Morgan fingerprint density at radius 1 is 1.40 bits per heavy atom. The number of amides is 1. The van der Waals surface area contributed by atoms with Gasteiger partial charge < -0.3 is 19.5 Å². The van der Waals surface area contributed by atoms with Crippen LogP contribution in [0.1, 0.15) is 29.8 Å². The van der Waals surface area contributed by atoms with E-state index in [0.29, 0.717) is 18.3 Å². The molecule has 1 amide bonds. The second kappa shape index (κ2) is 8.82. The number of nitrogens with zero attached hydrogens (tertiary/aromatic N) is 2.